The van der Waals surface area contributed by atoms with Gasteiger partial charge in [0.1, 0.15) is 0 Å². The summed E-state index contributed by atoms with van der Waals surface area (Å²) in [4.78, 5) is 14.6. The van der Waals surface area contributed by atoms with Crippen LogP contribution in [-0.4, -0.2) is 23.6 Å². The first-order chi connectivity index (χ1) is 10.1. The van der Waals surface area contributed by atoms with Crippen molar-refractivity contribution in [2.24, 2.45) is 0 Å². The van der Waals surface area contributed by atoms with Gasteiger partial charge in [-0.2, -0.15) is 0 Å². The van der Waals surface area contributed by atoms with Crippen molar-refractivity contribution >= 4 is 11.4 Å². The number of pyridine rings is 1. The number of nitro benzene ring substituents is 1. The van der Waals surface area contributed by atoms with Crippen molar-refractivity contribution in [3.63, 3.8) is 0 Å². The number of aryl methyl sites for hydroxylation is 1. The second-order valence-electron chi connectivity index (χ2n) is 4.63. The average Bonchev–Trinajstić information content (AvgIpc) is 2.49. The Hall–Kier alpha value is -2.63. The Morgan fingerprint density at radius 3 is 2.76 bits per heavy atom. The molecule has 1 N–H and O–H groups in total. The maximum atomic E-state index is 10.8. The normalized spacial score (nSPS) is 10.2. The zero-order valence-corrected chi connectivity index (χ0v) is 12.0. The van der Waals surface area contributed by atoms with Crippen molar-refractivity contribution in [1.29, 1.82) is 0 Å². The SMILES string of the molecule is COc1cc(NCCc2ccc(C)nc2)ccc1[N+](=O)[O-]. The molecule has 0 aliphatic rings. The predicted octanol–water partition coefficient (Wildman–Crippen LogP) is 2.96. The number of hydrogen-bond acceptors (Lipinski definition) is 5. The Morgan fingerprint density at radius 1 is 1.33 bits per heavy atom. The van der Waals surface area contributed by atoms with Crippen LogP contribution in [0.5, 0.6) is 5.75 Å². The topological polar surface area (TPSA) is 77.3 Å². The minimum atomic E-state index is -0.458. The Labute approximate surface area is 122 Å². The molecule has 0 atom stereocenters. The number of ether oxygens (including phenoxy) is 1. The van der Waals surface area contributed by atoms with Crippen LogP contribution in [0, 0.1) is 17.0 Å². The highest BCUT2D eigenvalue weighted by molar-refractivity contribution is 5.57. The van der Waals surface area contributed by atoms with Gasteiger partial charge in [0, 0.05) is 36.3 Å². The van der Waals surface area contributed by atoms with E-state index in [1.165, 1.54) is 13.2 Å². The standard InChI is InChI=1S/C15H17N3O3/c1-11-3-4-12(10-17-11)7-8-16-13-5-6-14(18(19)20)15(9-13)21-2/h3-6,9-10,16H,7-8H2,1-2H3. The maximum Gasteiger partial charge on any atom is 0.311 e. The molecule has 0 radical (unpaired) electrons. The van der Waals surface area contributed by atoms with Crippen LogP contribution < -0.4 is 10.1 Å². The highest BCUT2D eigenvalue weighted by Gasteiger charge is 2.14. The summed E-state index contributed by atoms with van der Waals surface area (Å²) in [5.41, 5.74) is 2.89. The van der Waals surface area contributed by atoms with Gasteiger partial charge >= 0.3 is 5.69 Å². The third-order valence-corrected chi connectivity index (χ3v) is 3.09. The molecule has 2 rings (SSSR count). The number of nitrogens with zero attached hydrogens (tertiary/aromatic N) is 2. The molecule has 0 unspecified atom stereocenters. The highest BCUT2D eigenvalue weighted by atomic mass is 16.6. The van der Waals surface area contributed by atoms with E-state index in [-0.39, 0.29) is 11.4 Å². The minimum Gasteiger partial charge on any atom is -0.490 e. The molecule has 0 aliphatic heterocycles. The lowest BCUT2D eigenvalue weighted by atomic mass is 10.2. The van der Waals surface area contributed by atoms with Gasteiger partial charge in [0.25, 0.3) is 0 Å². The molecule has 0 aliphatic carbocycles. The van der Waals surface area contributed by atoms with Crippen LogP contribution in [0.3, 0.4) is 0 Å². The fourth-order valence-corrected chi connectivity index (χ4v) is 1.94. The van der Waals surface area contributed by atoms with Crippen molar-refractivity contribution in [1.82, 2.24) is 4.98 Å². The van der Waals surface area contributed by atoms with Gasteiger partial charge in [-0.1, -0.05) is 6.07 Å². The third-order valence-electron chi connectivity index (χ3n) is 3.09. The van der Waals surface area contributed by atoms with E-state index in [4.69, 9.17) is 4.74 Å². The molecule has 1 aromatic heterocycles. The fraction of sp³-hybridized carbons (Fsp3) is 0.267. The summed E-state index contributed by atoms with van der Waals surface area (Å²) in [6, 6.07) is 8.76. The lowest BCUT2D eigenvalue weighted by Gasteiger charge is -2.08. The summed E-state index contributed by atoms with van der Waals surface area (Å²) in [7, 11) is 1.42. The summed E-state index contributed by atoms with van der Waals surface area (Å²) in [5.74, 6) is 0.252. The van der Waals surface area contributed by atoms with Gasteiger partial charge in [0.15, 0.2) is 5.75 Å². The molecule has 0 saturated heterocycles. The van der Waals surface area contributed by atoms with Crippen LogP contribution in [0.15, 0.2) is 36.5 Å². The maximum absolute atomic E-state index is 10.8. The van der Waals surface area contributed by atoms with Gasteiger partial charge < -0.3 is 10.1 Å². The predicted molar refractivity (Wildman–Crippen MR) is 80.8 cm³/mol. The Kier molecular flexibility index (Phi) is 4.71. The van der Waals surface area contributed by atoms with Crippen molar-refractivity contribution in [2.75, 3.05) is 19.0 Å². The third kappa shape index (κ3) is 3.92. The number of aromatic nitrogens is 1. The first-order valence-electron chi connectivity index (χ1n) is 6.58. The monoisotopic (exact) mass is 287 g/mol. The quantitative estimate of drug-likeness (QED) is 0.653. The van der Waals surface area contributed by atoms with E-state index in [1.54, 1.807) is 12.1 Å². The van der Waals surface area contributed by atoms with Crippen LogP contribution >= 0.6 is 0 Å². The van der Waals surface area contributed by atoms with Crippen molar-refractivity contribution in [3.05, 3.63) is 57.9 Å². The summed E-state index contributed by atoms with van der Waals surface area (Å²) < 4.78 is 5.03. The molecule has 0 amide bonds. The Morgan fingerprint density at radius 2 is 2.14 bits per heavy atom. The molecular weight excluding hydrogens is 270 g/mol. The van der Waals surface area contributed by atoms with Gasteiger partial charge in [0.2, 0.25) is 0 Å². The van der Waals surface area contributed by atoms with Crippen molar-refractivity contribution in [3.8, 4) is 5.75 Å². The minimum absolute atomic E-state index is 0.0363. The van der Waals surface area contributed by atoms with Gasteiger partial charge in [-0.3, -0.25) is 15.1 Å². The molecule has 1 heterocycles. The molecule has 0 bridgehead atoms. The zero-order valence-electron chi connectivity index (χ0n) is 12.0. The molecule has 110 valence electrons. The summed E-state index contributed by atoms with van der Waals surface area (Å²) in [5, 5.41) is 14.0. The summed E-state index contributed by atoms with van der Waals surface area (Å²) >= 11 is 0. The fourth-order valence-electron chi connectivity index (χ4n) is 1.94. The van der Waals surface area contributed by atoms with E-state index in [0.29, 0.717) is 6.54 Å². The lowest BCUT2D eigenvalue weighted by Crippen LogP contribution is -2.05. The summed E-state index contributed by atoms with van der Waals surface area (Å²) in [6.45, 7) is 2.66. The number of methoxy groups -OCH3 is 1. The molecule has 0 spiro atoms. The Bertz CT molecular complexity index is 627. The van der Waals surface area contributed by atoms with E-state index >= 15 is 0 Å². The van der Waals surface area contributed by atoms with Gasteiger partial charge in [-0.25, -0.2) is 0 Å². The number of rotatable bonds is 6. The van der Waals surface area contributed by atoms with Crippen LogP contribution in [-0.2, 0) is 6.42 Å². The van der Waals surface area contributed by atoms with E-state index < -0.39 is 4.92 Å². The van der Waals surface area contributed by atoms with Crippen LogP contribution in [0.2, 0.25) is 0 Å². The molecular formula is C15H17N3O3. The number of hydrogen-bond donors (Lipinski definition) is 1. The second-order valence-corrected chi connectivity index (χ2v) is 4.63. The molecule has 21 heavy (non-hydrogen) atoms. The lowest BCUT2D eigenvalue weighted by molar-refractivity contribution is -0.385. The van der Waals surface area contributed by atoms with E-state index in [0.717, 1.165) is 23.4 Å². The average molecular weight is 287 g/mol. The first-order valence-corrected chi connectivity index (χ1v) is 6.58. The van der Waals surface area contributed by atoms with Crippen LogP contribution in [0.25, 0.3) is 0 Å². The largest absolute Gasteiger partial charge is 0.490 e. The smallest absolute Gasteiger partial charge is 0.311 e. The van der Waals surface area contributed by atoms with Crippen LogP contribution in [0.4, 0.5) is 11.4 Å². The Balaban J connectivity index is 1.97. The van der Waals surface area contributed by atoms with Gasteiger partial charge in [0.05, 0.1) is 12.0 Å². The number of nitrogens with one attached hydrogen (secondary N) is 1. The molecule has 6 heteroatoms. The molecule has 1 aromatic carbocycles. The van der Waals surface area contributed by atoms with Gasteiger partial charge in [-0.05, 0) is 31.0 Å². The number of anilines is 1. The number of benzene rings is 1. The molecule has 0 saturated carbocycles. The van der Waals surface area contributed by atoms with E-state index in [1.807, 2.05) is 25.3 Å². The summed E-state index contributed by atoms with van der Waals surface area (Å²) in [6.07, 6.45) is 2.68. The molecule has 0 fully saturated rings. The first kappa shape index (κ1) is 14.8. The van der Waals surface area contributed by atoms with Crippen molar-refractivity contribution < 1.29 is 9.66 Å². The van der Waals surface area contributed by atoms with Crippen LogP contribution in [0.1, 0.15) is 11.3 Å². The number of nitro groups is 1. The van der Waals surface area contributed by atoms with E-state index in [2.05, 4.69) is 10.3 Å². The highest BCUT2D eigenvalue weighted by Crippen LogP contribution is 2.29. The van der Waals surface area contributed by atoms with Gasteiger partial charge in [-0.15, -0.1) is 0 Å². The molecule has 2 aromatic rings. The van der Waals surface area contributed by atoms with Crippen molar-refractivity contribution in [2.45, 2.75) is 13.3 Å². The zero-order chi connectivity index (χ0) is 15.2. The molecule has 6 nitrogen and oxygen atoms in total. The second kappa shape index (κ2) is 6.69. The van der Waals surface area contributed by atoms with E-state index in [9.17, 15) is 10.1 Å².